The molecule has 4 heterocycles. The molecule has 2 atom stereocenters. The van der Waals surface area contributed by atoms with Gasteiger partial charge >= 0.3 is 0 Å². The lowest BCUT2D eigenvalue weighted by molar-refractivity contribution is -0.122. The van der Waals surface area contributed by atoms with E-state index in [1.165, 1.54) is 11.8 Å². The van der Waals surface area contributed by atoms with Crippen molar-refractivity contribution in [1.82, 2.24) is 14.3 Å². The summed E-state index contributed by atoms with van der Waals surface area (Å²) in [5.74, 6) is 0.715. The monoisotopic (exact) mass is 472 g/mol. The average molecular weight is 473 g/mol. The van der Waals surface area contributed by atoms with Crippen LogP contribution >= 0.6 is 24.0 Å². The highest BCUT2D eigenvalue weighted by molar-refractivity contribution is 8.26. The molecule has 2 fully saturated rings. The van der Waals surface area contributed by atoms with E-state index < -0.39 is 0 Å². The van der Waals surface area contributed by atoms with E-state index >= 15 is 0 Å². The molecule has 2 saturated heterocycles. The van der Waals surface area contributed by atoms with Gasteiger partial charge in [0, 0.05) is 25.8 Å². The van der Waals surface area contributed by atoms with E-state index in [2.05, 4.69) is 4.90 Å². The number of carbonyl (C=O) groups is 1. The number of pyridine rings is 1. The van der Waals surface area contributed by atoms with Gasteiger partial charge in [-0.3, -0.25) is 18.9 Å². The first-order valence-electron chi connectivity index (χ1n) is 10.8. The maximum atomic E-state index is 13.6. The molecule has 2 aromatic rings. The molecule has 7 nitrogen and oxygen atoms in total. The van der Waals surface area contributed by atoms with E-state index in [1.54, 1.807) is 21.6 Å². The highest BCUT2D eigenvalue weighted by Gasteiger charge is 2.34. The first-order valence-corrected chi connectivity index (χ1v) is 12.0. The Morgan fingerprint density at radius 1 is 1.25 bits per heavy atom. The number of hydrogen-bond donors (Lipinski definition) is 0. The number of ether oxygens (including phenoxy) is 1. The first-order chi connectivity index (χ1) is 15.1. The summed E-state index contributed by atoms with van der Waals surface area (Å²) in [5, 5.41) is 0. The SMILES string of the molecule is Cc1ccc2nc(N3CC(C)OC(C)C3)c(/C=C3/SC(=S)N(CC(C)C)C3=O)c(=O)n2c1. The normalized spacial score (nSPS) is 23.2. The highest BCUT2D eigenvalue weighted by atomic mass is 32.2. The van der Waals surface area contributed by atoms with Crippen molar-refractivity contribution in [2.45, 2.75) is 46.8 Å². The van der Waals surface area contributed by atoms with Crippen molar-refractivity contribution >= 4 is 51.7 Å². The quantitative estimate of drug-likeness (QED) is 0.499. The topological polar surface area (TPSA) is 67.2 Å². The standard InChI is InChI=1S/C23H28N4O3S2/c1-13(2)9-27-22(29)18(32-23(27)31)8-17-20(25-11-15(4)30-16(5)12-25)24-19-7-6-14(3)10-26(19)21(17)28/h6-8,10,13,15-16H,9,11-12H2,1-5H3/b18-8+. The Hall–Kier alpha value is -2.23. The van der Waals surface area contributed by atoms with Crippen LogP contribution in [0.25, 0.3) is 11.7 Å². The van der Waals surface area contributed by atoms with E-state index in [4.69, 9.17) is 21.9 Å². The smallest absolute Gasteiger partial charge is 0.267 e. The molecule has 0 radical (unpaired) electrons. The van der Waals surface area contributed by atoms with Crippen LogP contribution in [0.15, 0.2) is 28.0 Å². The minimum atomic E-state index is -0.199. The van der Waals surface area contributed by atoms with Crippen LogP contribution in [0.2, 0.25) is 0 Å². The molecule has 0 saturated carbocycles. The Bertz CT molecular complexity index is 1160. The van der Waals surface area contributed by atoms with Crippen LogP contribution in [0.3, 0.4) is 0 Å². The fourth-order valence-corrected chi connectivity index (χ4v) is 5.38. The van der Waals surface area contributed by atoms with E-state index in [0.29, 0.717) is 51.8 Å². The van der Waals surface area contributed by atoms with E-state index in [-0.39, 0.29) is 23.7 Å². The molecule has 4 rings (SSSR count). The first kappa shape index (κ1) is 22.9. The van der Waals surface area contributed by atoms with Gasteiger partial charge in [0.15, 0.2) is 0 Å². The molecular weight excluding hydrogens is 444 g/mol. The second-order valence-corrected chi connectivity index (χ2v) is 10.6. The second kappa shape index (κ2) is 8.96. The van der Waals surface area contributed by atoms with Crippen LogP contribution in [0.1, 0.15) is 38.8 Å². The number of amides is 1. The largest absolute Gasteiger partial charge is 0.372 e. The molecule has 0 spiro atoms. The van der Waals surface area contributed by atoms with Crippen LogP contribution < -0.4 is 10.5 Å². The summed E-state index contributed by atoms with van der Waals surface area (Å²) in [4.78, 5) is 35.7. The lowest BCUT2D eigenvalue weighted by atomic mass is 10.1. The maximum Gasteiger partial charge on any atom is 0.267 e. The third-order valence-electron chi connectivity index (χ3n) is 5.40. The van der Waals surface area contributed by atoms with Crippen LogP contribution in [0.4, 0.5) is 5.82 Å². The van der Waals surface area contributed by atoms with Gasteiger partial charge in [-0.1, -0.05) is 43.9 Å². The van der Waals surface area contributed by atoms with Crippen LogP contribution in [0, 0.1) is 12.8 Å². The number of hydrogen-bond acceptors (Lipinski definition) is 7. The van der Waals surface area contributed by atoms with Crippen molar-refractivity contribution in [2.75, 3.05) is 24.5 Å². The molecule has 2 aliphatic heterocycles. The lowest BCUT2D eigenvalue weighted by Gasteiger charge is -2.36. The number of carbonyl (C=O) groups excluding carboxylic acids is 1. The summed E-state index contributed by atoms with van der Waals surface area (Å²) in [7, 11) is 0. The van der Waals surface area contributed by atoms with Crippen molar-refractivity contribution in [3.05, 3.63) is 44.7 Å². The zero-order valence-electron chi connectivity index (χ0n) is 19.0. The number of thiocarbonyl (C=S) groups is 1. The fourth-order valence-electron chi connectivity index (χ4n) is 4.12. The van der Waals surface area contributed by atoms with E-state index in [0.717, 1.165) is 5.56 Å². The molecule has 2 aromatic heterocycles. The molecule has 32 heavy (non-hydrogen) atoms. The Balaban J connectivity index is 1.86. The van der Waals surface area contributed by atoms with Crippen LogP contribution in [0.5, 0.6) is 0 Å². The summed E-state index contributed by atoms with van der Waals surface area (Å²) in [5.41, 5.74) is 1.73. The molecule has 9 heteroatoms. The molecule has 2 unspecified atom stereocenters. The number of thioether (sulfide) groups is 1. The van der Waals surface area contributed by atoms with Crippen molar-refractivity contribution in [3.63, 3.8) is 0 Å². The van der Waals surface area contributed by atoms with Gasteiger partial charge in [0.2, 0.25) is 0 Å². The Morgan fingerprint density at radius 3 is 2.59 bits per heavy atom. The zero-order valence-corrected chi connectivity index (χ0v) is 20.6. The molecule has 0 N–H and O–H groups in total. The summed E-state index contributed by atoms with van der Waals surface area (Å²) >= 11 is 6.69. The van der Waals surface area contributed by atoms with Crippen molar-refractivity contribution in [2.24, 2.45) is 5.92 Å². The van der Waals surface area contributed by atoms with Gasteiger partial charge in [0.25, 0.3) is 11.5 Å². The highest BCUT2D eigenvalue weighted by Crippen LogP contribution is 2.34. The van der Waals surface area contributed by atoms with Gasteiger partial charge in [-0.25, -0.2) is 4.98 Å². The number of anilines is 1. The molecule has 0 bridgehead atoms. The Morgan fingerprint density at radius 2 is 1.94 bits per heavy atom. The van der Waals surface area contributed by atoms with Crippen LogP contribution in [-0.4, -0.2) is 56.4 Å². The molecule has 0 aromatic carbocycles. The fraction of sp³-hybridized carbons (Fsp3) is 0.478. The minimum Gasteiger partial charge on any atom is -0.372 e. The van der Waals surface area contributed by atoms with Gasteiger partial charge in [-0.2, -0.15) is 0 Å². The summed E-state index contributed by atoms with van der Waals surface area (Å²) in [6, 6.07) is 3.78. The zero-order chi connectivity index (χ0) is 23.2. The number of aryl methyl sites for hydroxylation is 1. The summed E-state index contributed by atoms with van der Waals surface area (Å²) in [6.07, 6.45) is 3.47. The maximum absolute atomic E-state index is 13.6. The van der Waals surface area contributed by atoms with E-state index in [9.17, 15) is 9.59 Å². The lowest BCUT2D eigenvalue weighted by Crippen LogP contribution is -2.46. The molecule has 2 aliphatic rings. The number of rotatable bonds is 4. The number of nitrogens with zero attached hydrogens (tertiary/aromatic N) is 4. The number of fused-ring (bicyclic) bond motifs is 1. The Kier molecular flexibility index (Phi) is 6.42. The Labute approximate surface area is 197 Å². The van der Waals surface area contributed by atoms with Gasteiger partial charge < -0.3 is 9.64 Å². The molecular formula is C23H28N4O3S2. The molecule has 1 amide bonds. The molecule has 170 valence electrons. The third-order valence-corrected chi connectivity index (χ3v) is 6.78. The summed E-state index contributed by atoms with van der Waals surface area (Å²) in [6.45, 7) is 11.8. The second-order valence-electron chi connectivity index (χ2n) is 8.94. The average Bonchev–Trinajstić information content (AvgIpc) is 2.96. The van der Waals surface area contributed by atoms with Crippen molar-refractivity contribution < 1.29 is 9.53 Å². The molecule has 0 aliphatic carbocycles. The van der Waals surface area contributed by atoms with Crippen molar-refractivity contribution in [3.8, 4) is 0 Å². The van der Waals surface area contributed by atoms with Gasteiger partial charge in [-0.05, 0) is 44.4 Å². The van der Waals surface area contributed by atoms with Gasteiger partial charge in [-0.15, -0.1) is 0 Å². The number of morpholine rings is 1. The minimum absolute atomic E-state index is 0.00845. The van der Waals surface area contributed by atoms with E-state index in [1.807, 2.05) is 46.8 Å². The third kappa shape index (κ3) is 4.46. The van der Waals surface area contributed by atoms with Gasteiger partial charge in [0.1, 0.15) is 15.8 Å². The van der Waals surface area contributed by atoms with Gasteiger partial charge in [0.05, 0.1) is 22.7 Å². The predicted octanol–water partition coefficient (Wildman–Crippen LogP) is 3.47. The predicted molar refractivity (Wildman–Crippen MR) is 133 cm³/mol. The summed E-state index contributed by atoms with van der Waals surface area (Å²) < 4.78 is 7.95. The van der Waals surface area contributed by atoms with Crippen molar-refractivity contribution in [1.29, 1.82) is 0 Å². The van der Waals surface area contributed by atoms with Crippen LogP contribution in [-0.2, 0) is 9.53 Å². The number of aromatic nitrogens is 2.